The lowest BCUT2D eigenvalue weighted by atomic mass is 11.6. The summed E-state index contributed by atoms with van der Waals surface area (Å²) in [7, 11) is 1.43. The average molecular weight is 148 g/mol. The van der Waals surface area contributed by atoms with Crippen LogP contribution in [0.25, 0.3) is 0 Å². The highest BCUT2D eigenvalue weighted by atomic mass is 35.9. The van der Waals surface area contributed by atoms with Crippen LogP contribution in [0.4, 0.5) is 0 Å². The van der Waals surface area contributed by atoms with E-state index in [1.807, 2.05) is 0 Å². The van der Waals surface area contributed by atoms with Crippen LogP contribution in [0.5, 0.6) is 0 Å². The fourth-order valence-corrected chi connectivity index (χ4v) is 0. The summed E-state index contributed by atoms with van der Waals surface area (Å²) in [6.45, 7) is 0. The van der Waals surface area contributed by atoms with Gasteiger partial charge in [0, 0.05) is 0 Å². The van der Waals surface area contributed by atoms with Crippen LogP contribution in [0.2, 0.25) is 0 Å². The molecule has 5 heteroatoms. The Bertz CT molecular complexity index is 77.6. The second-order valence-corrected chi connectivity index (χ2v) is 5.43. The van der Waals surface area contributed by atoms with E-state index in [2.05, 4.69) is 5.09 Å². The average Bonchev–Trinajstić information content (AvgIpc) is 1.35. The molecule has 0 amide bonds. The third-order valence-electron chi connectivity index (χ3n) is 0.260. The molecule has 2 nitrogen and oxygen atoms in total. The van der Waals surface area contributed by atoms with Crippen molar-refractivity contribution in [2.75, 3.05) is 7.05 Å². The van der Waals surface area contributed by atoms with Crippen LogP contribution in [0.3, 0.4) is 0 Å². The Balaban J connectivity index is 3.48. The maximum Gasteiger partial charge on any atom is 0.319 e. The first-order valence-corrected chi connectivity index (χ1v) is 4.76. The Kier molecular flexibility index (Phi) is 2.45. The summed E-state index contributed by atoms with van der Waals surface area (Å²) in [5, 5.41) is 2.19. The topological polar surface area (TPSA) is 29.1 Å². The van der Waals surface area contributed by atoms with Gasteiger partial charge in [0.25, 0.3) is 0 Å². The van der Waals surface area contributed by atoms with Gasteiger partial charge in [-0.2, -0.15) is 0 Å². The number of hydrogen-bond acceptors (Lipinski definition) is 1. The van der Waals surface area contributed by atoms with Crippen molar-refractivity contribution < 1.29 is 4.57 Å². The molecule has 1 N–H and O–H groups in total. The van der Waals surface area contributed by atoms with Crippen molar-refractivity contribution in [3.63, 3.8) is 0 Å². The van der Waals surface area contributed by atoms with Gasteiger partial charge < -0.3 is 0 Å². The second-order valence-electron chi connectivity index (χ2n) is 0.686. The third-order valence-corrected chi connectivity index (χ3v) is 1.80. The van der Waals surface area contributed by atoms with E-state index in [-0.39, 0.29) is 0 Å². The molecule has 0 aromatic rings. The minimum absolute atomic E-state index is 1.43. The van der Waals surface area contributed by atoms with Crippen molar-refractivity contribution >= 4 is 28.5 Å². The van der Waals surface area contributed by atoms with Crippen molar-refractivity contribution in [1.29, 1.82) is 0 Å². The molecule has 0 spiro atoms. The maximum atomic E-state index is 10.0. The third kappa shape index (κ3) is 4.77. The van der Waals surface area contributed by atoms with Gasteiger partial charge in [-0.05, 0) is 29.5 Å². The molecule has 0 fully saturated rings. The van der Waals surface area contributed by atoms with Crippen LogP contribution < -0.4 is 5.09 Å². The summed E-state index contributed by atoms with van der Waals surface area (Å²) >= 11 is 9.85. The summed E-state index contributed by atoms with van der Waals surface area (Å²) < 4.78 is 10.0. The maximum absolute atomic E-state index is 10.0. The number of hydrogen-bond donors (Lipinski definition) is 1. The molecule has 0 bridgehead atoms. The summed E-state index contributed by atoms with van der Waals surface area (Å²) in [6.07, 6.45) is 0. The Morgan fingerprint density at radius 2 is 1.83 bits per heavy atom. The van der Waals surface area contributed by atoms with E-state index in [1.165, 1.54) is 7.05 Å². The van der Waals surface area contributed by atoms with Crippen LogP contribution in [0.15, 0.2) is 0 Å². The molecule has 0 saturated heterocycles. The fourth-order valence-electron chi connectivity index (χ4n) is 0. The van der Waals surface area contributed by atoms with Crippen molar-refractivity contribution in [2.24, 2.45) is 0 Å². The van der Waals surface area contributed by atoms with Gasteiger partial charge in [-0.15, -0.1) is 0 Å². The van der Waals surface area contributed by atoms with Crippen molar-refractivity contribution in [3.8, 4) is 0 Å². The van der Waals surface area contributed by atoms with Gasteiger partial charge in [-0.3, -0.25) is 4.57 Å². The molecule has 0 atom stereocenters. The molecule has 38 valence electrons. The number of halogens is 2. The van der Waals surface area contributed by atoms with Gasteiger partial charge in [0.15, 0.2) is 0 Å². The molecule has 0 aromatic heterocycles. The van der Waals surface area contributed by atoms with E-state index in [0.29, 0.717) is 0 Å². The van der Waals surface area contributed by atoms with Gasteiger partial charge >= 0.3 is 6.00 Å². The Labute approximate surface area is 45.8 Å². The SMILES string of the molecule is CNP(=O)(Cl)Cl. The molecular formula is CH4Cl2NOP. The van der Waals surface area contributed by atoms with Gasteiger partial charge in [0.05, 0.1) is 0 Å². The largest absolute Gasteiger partial charge is 0.319 e. The van der Waals surface area contributed by atoms with Crippen LogP contribution >= 0.6 is 28.5 Å². The highest BCUT2D eigenvalue weighted by Gasteiger charge is 2.05. The molecule has 0 aliphatic rings. The minimum atomic E-state index is -2.95. The van der Waals surface area contributed by atoms with Gasteiger partial charge in [-0.25, -0.2) is 5.09 Å². The molecule has 0 heterocycles. The molecular weight excluding hydrogens is 144 g/mol. The predicted molar refractivity (Wildman–Crippen MR) is 28.4 cm³/mol. The first-order valence-electron chi connectivity index (χ1n) is 1.24. The lowest BCUT2D eigenvalue weighted by molar-refractivity contribution is 0.588. The summed E-state index contributed by atoms with van der Waals surface area (Å²) in [5.41, 5.74) is 0. The lowest BCUT2D eigenvalue weighted by Crippen LogP contribution is -1.89. The van der Waals surface area contributed by atoms with Crippen LogP contribution in [0, 0.1) is 0 Å². The minimum Gasteiger partial charge on any atom is -0.271 e. The Morgan fingerprint density at radius 3 is 1.83 bits per heavy atom. The molecule has 0 aliphatic carbocycles. The van der Waals surface area contributed by atoms with E-state index < -0.39 is 6.00 Å². The first kappa shape index (κ1) is 6.77. The van der Waals surface area contributed by atoms with Crippen LogP contribution in [0.1, 0.15) is 0 Å². The normalized spacial score (nSPS) is 11.8. The van der Waals surface area contributed by atoms with E-state index in [4.69, 9.17) is 22.5 Å². The fraction of sp³-hybridized carbons (Fsp3) is 1.00. The quantitative estimate of drug-likeness (QED) is 0.574. The molecule has 0 radical (unpaired) electrons. The molecule has 6 heavy (non-hydrogen) atoms. The summed E-state index contributed by atoms with van der Waals surface area (Å²) in [5.74, 6) is -2.95. The Hall–Kier alpha value is 0.770. The van der Waals surface area contributed by atoms with Crippen molar-refractivity contribution in [1.82, 2.24) is 5.09 Å². The summed E-state index contributed by atoms with van der Waals surface area (Å²) in [6, 6.07) is 0. The zero-order chi connectivity index (χ0) is 5.21. The van der Waals surface area contributed by atoms with Crippen molar-refractivity contribution in [3.05, 3.63) is 0 Å². The molecule has 0 saturated carbocycles. The van der Waals surface area contributed by atoms with E-state index in [1.54, 1.807) is 0 Å². The standard InChI is InChI=1S/CH4Cl2NOP/c1-4-6(2,3)5/h1H3,(H,4,5). The number of rotatable bonds is 1. The monoisotopic (exact) mass is 147 g/mol. The number of nitrogens with one attached hydrogen (secondary N) is 1. The van der Waals surface area contributed by atoms with E-state index in [0.717, 1.165) is 0 Å². The van der Waals surface area contributed by atoms with Crippen LogP contribution in [-0.4, -0.2) is 7.05 Å². The van der Waals surface area contributed by atoms with Crippen molar-refractivity contribution in [2.45, 2.75) is 0 Å². The zero-order valence-corrected chi connectivity index (χ0v) is 5.52. The highest BCUT2D eigenvalue weighted by molar-refractivity contribution is 8.07. The second kappa shape index (κ2) is 2.17. The smallest absolute Gasteiger partial charge is 0.271 e. The molecule has 0 unspecified atom stereocenters. The van der Waals surface area contributed by atoms with Gasteiger partial charge in [0.2, 0.25) is 0 Å². The highest BCUT2D eigenvalue weighted by Crippen LogP contribution is 2.51. The molecule has 0 rings (SSSR count). The molecule has 0 aliphatic heterocycles. The first-order chi connectivity index (χ1) is 2.56. The van der Waals surface area contributed by atoms with Crippen LogP contribution in [-0.2, 0) is 4.57 Å². The lowest BCUT2D eigenvalue weighted by Gasteiger charge is -1.91. The zero-order valence-electron chi connectivity index (χ0n) is 3.11. The molecule has 0 aromatic carbocycles. The van der Waals surface area contributed by atoms with E-state index in [9.17, 15) is 4.57 Å². The van der Waals surface area contributed by atoms with Gasteiger partial charge in [0.1, 0.15) is 0 Å². The Morgan fingerprint density at radius 1 is 1.67 bits per heavy atom. The summed E-state index contributed by atoms with van der Waals surface area (Å²) in [4.78, 5) is 0. The van der Waals surface area contributed by atoms with Gasteiger partial charge in [-0.1, -0.05) is 0 Å². The van der Waals surface area contributed by atoms with E-state index >= 15 is 0 Å². The predicted octanol–water partition coefficient (Wildman–Crippen LogP) is 1.79.